The van der Waals surface area contributed by atoms with E-state index in [9.17, 15) is 18.0 Å². The van der Waals surface area contributed by atoms with Gasteiger partial charge in [-0.15, -0.1) is 11.8 Å². The molecule has 0 radical (unpaired) electrons. The van der Waals surface area contributed by atoms with Crippen molar-refractivity contribution < 1.29 is 18.0 Å². The topological polar surface area (TPSA) is 44.1 Å². The van der Waals surface area contributed by atoms with E-state index in [1.54, 1.807) is 12.1 Å². The smallest absolute Gasteiger partial charge is 0.329 e. The number of amides is 1. The number of alkyl halides is 3. The standard InChI is InChI=1S/C21H21F3N2OS/c1-15-3-8-19(11-16(15)2)28-10-9-20(27)26(14-21(22,23)24)13-18-6-4-17(12-25)5-7-18/h3-8,11H,9-10,13-14H2,1-2H3. The lowest BCUT2D eigenvalue weighted by Gasteiger charge is -2.24. The van der Waals surface area contributed by atoms with Crippen LogP contribution in [-0.4, -0.2) is 29.3 Å². The van der Waals surface area contributed by atoms with Crippen molar-refractivity contribution in [2.24, 2.45) is 0 Å². The maximum Gasteiger partial charge on any atom is 0.406 e. The van der Waals surface area contributed by atoms with Crippen molar-refractivity contribution in [1.82, 2.24) is 4.90 Å². The molecule has 0 aromatic heterocycles. The molecule has 3 nitrogen and oxygen atoms in total. The molecule has 2 aromatic rings. The minimum atomic E-state index is -4.47. The second-order valence-electron chi connectivity index (χ2n) is 6.52. The van der Waals surface area contributed by atoms with E-state index >= 15 is 0 Å². The van der Waals surface area contributed by atoms with Crippen LogP contribution in [0.15, 0.2) is 47.4 Å². The number of nitriles is 1. The molecule has 0 N–H and O–H groups in total. The Labute approximate surface area is 167 Å². The van der Waals surface area contributed by atoms with Crippen LogP contribution in [0.4, 0.5) is 13.2 Å². The highest BCUT2D eigenvalue weighted by molar-refractivity contribution is 7.99. The minimum absolute atomic E-state index is 0.0178. The first-order valence-corrected chi connectivity index (χ1v) is 9.70. The van der Waals surface area contributed by atoms with Crippen LogP contribution < -0.4 is 0 Å². The Kier molecular flexibility index (Phi) is 7.53. The zero-order chi connectivity index (χ0) is 20.7. The van der Waals surface area contributed by atoms with E-state index in [0.29, 0.717) is 16.9 Å². The normalized spacial score (nSPS) is 11.1. The summed E-state index contributed by atoms with van der Waals surface area (Å²) in [4.78, 5) is 14.2. The fraction of sp³-hybridized carbons (Fsp3) is 0.333. The quantitative estimate of drug-likeness (QED) is 0.590. The molecule has 148 valence electrons. The molecule has 0 fully saturated rings. The van der Waals surface area contributed by atoms with Gasteiger partial charge in [0.25, 0.3) is 0 Å². The maximum absolute atomic E-state index is 12.9. The van der Waals surface area contributed by atoms with Crippen LogP contribution in [0.2, 0.25) is 0 Å². The number of hydrogen-bond acceptors (Lipinski definition) is 3. The highest BCUT2D eigenvalue weighted by atomic mass is 32.2. The van der Waals surface area contributed by atoms with Crippen molar-refractivity contribution in [3.8, 4) is 6.07 Å². The SMILES string of the molecule is Cc1ccc(SCCC(=O)N(Cc2ccc(C#N)cc2)CC(F)(F)F)cc1C. The summed E-state index contributed by atoms with van der Waals surface area (Å²) in [5.74, 6) is -0.138. The highest BCUT2D eigenvalue weighted by Gasteiger charge is 2.32. The number of carbonyl (C=O) groups excluding carboxylic acids is 1. The molecule has 0 saturated heterocycles. The highest BCUT2D eigenvalue weighted by Crippen LogP contribution is 2.23. The van der Waals surface area contributed by atoms with E-state index in [4.69, 9.17) is 5.26 Å². The van der Waals surface area contributed by atoms with Crippen molar-refractivity contribution >= 4 is 17.7 Å². The summed E-state index contributed by atoms with van der Waals surface area (Å²) in [6.45, 7) is 2.57. The third kappa shape index (κ3) is 6.93. The Morgan fingerprint density at radius 2 is 1.79 bits per heavy atom. The van der Waals surface area contributed by atoms with Crippen molar-refractivity contribution in [2.75, 3.05) is 12.3 Å². The van der Waals surface area contributed by atoms with E-state index < -0.39 is 18.6 Å². The van der Waals surface area contributed by atoms with Crippen LogP contribution in [0, 0.1) is 25.2 Å². The number of aryl methyl sites for hydroxylation is 2. The van der Waals surface area contributed by atoms with Gasteiger partial charge in [-0.2, -0.15) is 18.4 Å². The average molecular weight is 406 g/mol. The summed E-state index contributed by atoms with van der Waals surface area (Å²) in [6, 6.07) is 14.1. The van der Waals surface area contributed by atoms with E-state index in [0.717, 1.165) is 15.4 Å². The molecule has 0 saturated carbocycles. The summed E-state index contributed by atoms with van der Waals surface area (Å²) in [6.07, 6.45) is -4.45. The maximum atomic E-state index is 12.9. The lowest BCUT2D eigenvalue weighted by Crippen LogP contribution is -2.38. The van der Waals surface area contributed by atoms with Crippen molar-refractivity contribution in [3.63, 3.8) is 0 Å². The van der Waals surface area contributed by atoms with Gasteiger partial charge in [-0.25, -0.2) is 0 Å². The van der Waals surface area contributed by atoms with Crippen LogP contribution >= 0.6 is 11.8 Å². The second-order valence-corrected chi connectivity index (χ2v) is 7.69. The Morgan fingerprint density at radius 1 is 1.11 bits per heavy atom. The molecule has 28 heavy (non-hydrogen) atoms. The molecule has 2 rings (SSSR count). The zero-order valence-corrected chi connectivity index (χ0v) is 16.5. The summed E-state index contributed by atoms with van der Waals surface area (Å²) < 4.78 is 38.7. The molecule has 1 amide bonds. The second kappa shape index (κ2) is 9.65. The van der Waals surface area contributed by atoms with Gasteiger partial charge in [-0.3, -0.25) is 4.79 Å². The summed E-state index contributed by atoms with van der Waals surface area (Å²) >= 11 is 1.45. The van der Waals surface area contributed by atoms with E-state index in [1.807, 2.05) is 38.1 Å². The largest absolute Gasteiger partial charge is 0.406 e. The van der Waals surface area contributed by atoms with Gasteiger partial charge in [0.1, 0.15) is 6.54 Å². The predicted octanol–water partition coefficient (Wildman–Crippen LogP) is 5.25. The molecular weight excluding hydrogens is 385 g/mol. The Balaban J connectivity index is 1.99. The monoisotopic (exact) mass is 406 g/mol. The molecule has 2 aromatic carbocycles. The predicted molar refractivity (Wildman–Crippen MR) is 104 cm³/mol. The van der Waals surface area contributed by atoms with Gasteiger partial charge in [-0.1, -0.05) is 18.2 Å². The van der Waals surface area contributed by atoms with Gasteiger partial charge in [-0.05, 0) is 54.8 Å². The summed E-state index contributed by atoms with van der Waals surface area (Å²) in [7, 11) is 0. The number of carbonyl (C=O) groups is 1. The molecule has 0 spiro atoms. The van der Waals surface area contributed by atoms with E-state index in [-0.39, 0.29) is 13.0 Å². The Morgan fingerprint density at radius 3 is 2.36 bits per heavy atom. The molecule has 0 atom stereocenters. The van der Waals surface area contributed by atoms with Crippen LogP contribution in [0.3, 0.4) is 0 Å². The van der Waals surface area contributed by atoms with Crippen molar-refractivity contribution in [2.45, 2.75) is 37.9 Å². The lowest BCUT2D eigenvalue weighted by atomic mass is 10.1. The van der Waals surface area contributed by atoms with Gasteiger partial charge in [0.15, 0.2) is 0 Å². The number of hydrogen-bond donors (Lipinski definition) is 0. The first-order valence-electron chi connectivity index (χ1n) is 8.71. The van der Waals surface area contributed by atoms with Gasteiger partial charge >= 0.3 is 6.18 Å². The number of thioether (sulfide) groups is 1. The average Bonchev–Trinajstić information content (AvgIpc) is 2.63. The van der Waals surface area contributed by atoms with Crippen molar-refractivity contribution in [1.29, 1.82) is 5.26 Å². The van der Waals surface area contributed by atoms with Crippen LogP contribution in [0.1, 0.15) is 28.7 Å². The van der Waals surface area contributed by atoms with Gasteiger partial charge in [0.05, 0.1) is 11.6 Å². The third-order valence-electron chi connectivity index (χ3n) is 4.24. The third-order valence-corrected chi connectivity index (χ3v) is 5.24. The number of halogens is 3. The molecule has 0 heterocycles. The molecule has 0 aliphatic heterocycles. The van der Waals surface area contributed by atoms with Crippen LogP contribution in [-0.2, 0) is 11.3 Å². The lowest BCUT2D eigenvalue weighted by molar-refractivity contribution is -0.162. The summed E-state index contributed by atoms with van der Waals surface area (Å²) in [5.41, 5.74) is 3.27. The number of nitrogens with zero attached hydrogens (tertiary/aromatic N) is 2. The molecule has 0 aliphatic rings. The zero-order valence-electron chi connectivity index (χ0n) is 15.7. The fourth-order valence-electron chi connectivity index (χ4n) is 2.57. The van der Waals surface area contributed by atoms with Crippen molar-refractivity contribution in [3.05, 3.63) is 64.7 Å². The van der Waals surface area contributed by atoms with E-state index in [1.165, 1.54) is 29.5 Å². The Hall–Kier alpha value is -2.46. The fourth-order valence-corrected chi connectivity index (χ4v) is 3.51. The molecule has 0 aliphatic carbocycles. The van der Waals surface area contributed by atoms with Crippen LogP contribution in [0.5, 0.6) is 0 Å². The number of benzene rings is 2. The first kappa shape index (κ1) is 21.8. The molecular formula is C21H21F3N2OS. The molecule has 7 heteroatoms. The first-order chi connectivity index (χ1) is 13.2. The van der Waals surface area contributed by atoms with E-state index in [2.05, 4.69) is 0 Å². The minimum Gasteiger partial charge on any atom is -0.329 e. The van der Waals surface area contributed by atoms with Gasteiger partial charge in [0.2, 0.25) is 5.91 Å². The molecule has 0 bridgehead atoms. The van der Waals surface area contributed by atoms with Gasteiger partial charge in [0, 0.05) is 23.6 Å². The molecule has 0 unspecified atom stereocenters. The number of rotatable bonds is 7. The Bertz CT molecular complexity index is 857. The summed E-state index contributed by atoms with van der Waals surface area (Å²) in [5, 5.41) is 8.81. The van der Waals surface area contributed by atoms with Crippen LogP contribution in [0.25, 0.3) is 0 Å². The van der Waals surface area contributed by atoms with Gasteiger partial charge < -0.3 is 4.90 Å².